The number of aromatic nitrogens is 3. The first-order valence-electron chi connectivity index (χ1n) is 9.28. The van der Waals surface area contributed by atoms with Crippen LogP contribution in [0.3, 0.4) is 0 Å². The normalized spacial score (nSPS) is 16.9. The predicted octanol–water partition coefficient (Wildman–Crippen LogP) is 3.50. The quantitative estimate of drug-likeness (QED) is 0.685. The molecule has 0 spiro atoms. The first kappa shape index (κ1) is 18.8. The molecule has 0 bridgehead atoms. The third-order valence-corrected chi connectivity index (χ3v) is 5.43. The molecule has 1 fully saturated rings. The van der Waals surface area contributed by atoms with Crippen LogP contribution in [0.25, 0.3) is 0 Å². The highest BCUT2D eigenvalue weighted by molar-refractivity contribution is 7.15. The van der Waals surface area contributed by atoms with E-state index in [1.54, 1.807) is 12.1 Å². The second-order valence-corrected chi connectivity index (χ2v) is 7.87. The van der Waals surface area contributed by atoms with E-state index in [4.69, 9.17) is 4.74 Å². The van der Waals surface area contributed by atoms with E-state index in [1.165, 1.54) is 23.5 Å². The molecule has 1 N–H and O–H groups in total. The van der Waals surface area contributed by atoms with Crippen LogP contribution in [0, 0.1) is 5.82 Å². The minimum atomic E-state index is -0.230. The van der Waals surface area contributed by atoms with Crippen LogP contribution in [0.4, 0.5) is 15.3 Å². The summed E-state index contributed by atoms with van der Waals surface area (Å²) in [5.74, 6) is 0.752. The van der Waals surface area contributed by atoms with Crippen LogP contribution >= 0.6 is 11.3 Å². The Morgan fingerprint density at radius 3 is 2.75 bits per heavy atom. The summed E-state index contributed by atoms with van der Waals surface area (Å²) in [5, 5.41) is 13.3. The molecule has 2 aromatic heterocycles. The van der Waals surface area contributed by atoms with Crippen LogP contribution in [-0.4, -0.2) is 41.0 Å². The summed E-state index contributed by atoms with van der Waals surface area (Å²) in [5.41, 5.74) is 2.10. The summed E-state index contributed by atoms with van der Waals surface area (Å²) in [7, 11) is 0. The van der Waals surface area contributed by atoms with Crippen LogP contribution in [0.1, 0.15) is 23.1 Å². The molecule has 6 nitrogen and oxygen atoms in total. The van der Waals surface area contributed by atoms with E-state index in [0.717, 1.165) is 46.8 Å². The van der Waals surface area contributed by atoms with Crippen molar-refractivity contribution in [1.29, 1.82) is 0 Å². The average Bonchev–Trinajstić information content (AvgIpc) is 3.16. The molecule has 1 unspecified atom stereocenters. The molecule has 3 aromatic rings. The molecular formula is C20H22FN5OS. The second kappa shape index (κ2) is 8.62. The van der Waals surface area contributed by atoms with E-state index >= 15 is 0 Å². The van der Waals surface area contributed by atoms with Gasteiger partial charge >= 0.3 is 0 Å². The molecule has 1 aliphatic rings. The van der Waals surface area contributed by atoms with Crippen LogP contribution in [0.15, 0.2) is 42.6 Å². The van der Waals surface area contributed by atoms with E-state index in [1.807, 2.05) is 6.20 Å². The first-order chi connectivity index (χ1) is 13.7. The maximum atomic E-state index is 13.0. The van der Waals surface area contributed by atoms with Crippen LogP contribution in [-0.2, 0) is 17.7 Å². The number of hydrogen-bond acceptors (Lipinski definition) is 7. The molecule has 1 saturated heterocycles. The highest BCUT2D eigenvalue weighted by Crippen LogP contribution is 2.20. The number of morpholine rings is 1. The Hall–Kier alpha value is -2.58. The number of halogens is 1. The van der Waals surface area contributed by atoms with Crippen molar-refractivity contribution in [2.75, 3.05) is 29.9 Å². The molecule has 0 aliphatic carbocycles. The Kier molecular flexibility index (Phi) is 5.78. The Balaban J connectivity index is 1.31. The van der Waals surface area contributed by atoms with Crippen molar-refractivity contribution in [3.63, 3.8) is 0 Å². The van der Waals surface area contributed by atoms with Gasteiger partial charge in [-0.1, -0.05) is 29.5 Å². The lowest BCUT2D eigenvalue weighted by Gasteiger charge is -2.32. The summed E-state index contributed by atoms with van der Waals surface area (Å²) >= 11 is 1.51. The van der Waals surface area contributed by atoms with Gasteiger partial charge in [0.05, 0.1) is 12.7 Å². The van der Waals surface area contributed by atoms with Gasteiger partial charge in [0.1, 0.15) is 16.6 Å². The topological polar surface area (TPSA) is 63.2 Å². The Morgan fingerprint density at radius 1 is 1.18 bits per heavy atom. The smallest absolute Gasteiger partial charge is 0.205 e. The van der Waals surface area contributed by atoms with Crippen LogP contribution < -0.4 is 10.2 Å². The fraction of sp³-hybridized carbons (Fsp3) is 0.350. The number of nitrogens with one attached hydrogen (secondary N) is 1. The Bertz CT molecular complexity index is 900. The maximum Gasteiger partial charge on any atom is 0.205 e. The van der Waals surface area contributed by atoms with Gasteiger partial charge in [-0.15, -0.1) is 10.2 Å². The zero-order valence-corrected chi connectivity index (χ0v) is 16.5. The minimum Gasteiger partial charge on any atom is -0.375 e. The maximum absolute atomic E-state index is 13.0. The molecule has 146 valence electrons. The molecule has 28 heavy (non-hydrogen) atoms. The summed E-state index contributed by atoms with van der Waals surface area (Å²) in [6, 6.07) is 10.6. The van der Waals surface area contributed by atoms with Crippen molar-refractivity contribution in [3.05, 3.63) is 64.5 Å². The van der Waals surface area contributed by atoms with Gasteiger partial charge in [-0.2, -0.15) is 0 Å². The van der Waals surface area contributed by atoms with E-state index in [9.17, 15) is 4.39 Å². The van der Waals surface area contributed by atoms with E-state index in [2.05, 4.69) is 44.5 Å². The summed E-state index contributed by atoms with van der Waals surface area (Å²) in [6.45, 7) is 5.20. The van der Waals surface area contributed by atoms with Crippen molar-refractivity contribution in [2.24, 2.45) is 0 Å². The van der Waals surface area contributed by atoms with E-state index in [-0.39, 0.29) is 11.9 Å². The number of rotatable bonds is 6. The van der Waals surface area contributed by atoms with Gasteiger partial charge in [-0.05, 0) is 36.2 Å². The van der Waals surface area contributed by atoms with Crippen molar-refractivity contribution < 1.29 is 9.13 Å². The Labute approximate surface area is 167 Å². The largest absolute Gasteiger partial charge is 0.375 e. The number of anilines is 2. The predicted molar refractivity (Wildman–Crippen MR) is 108 cm³/mol. The SMILES string of the molecule is CC1CN(c2ccc(CNc3nnc(Cc4ccc(F)cc4)s3)cn2)CCO1. The van der Waals surface area contributed by atoms with Gasteiger partial charge in [0.2, 0.25) is 5.13 Å². The van der Waals surface area contributed by atoms with Gasteiger partial charge in [0.15, 0.2) is 0 Å². The van der Waals surface area contributed by atoms with Crippen molar-refractivity contribution in [2.45, 2.75) is 26.0 Å². The minimum absolute atomic E-state index is 0.230. The molecule has 1 aliphatic heterocycles. The van der Waals surface area contributed by atoms with Crippen LogP contribution in [0.2, 0.25) is 0 Å². The van der Waals surface area contributed by atoms with Crippen molar-refractivity contribution >= 4 is 22.3 Å². The number of benzene rings is 1. The summed E-state index contributed by atoms with van der Waals surface area (Å²) < 4.78 is 18.6. The molecular weight excluding hydrogens is 377 g/mol. The molecule has 0 amide bonds. The third kappa shape index (κ3) is 4.82. The molecule has 0 saturated carbocycles. The van der Waals surface area contributed by atoms with Crippen LogP contribution in [0.5, 0.6) is 0 Å². The summed E-state index contributed by atoms with van der Waals surface area (Å²) in [6.07, 6.45) is 2.77. The molecule has 1 atom stereocenters. The van der Waals surface area contributed by atoms with E-state index < -0.39 is 0 Å². The lowest BCUT2D eigenvalue weighted by molar-refractivity contribution is 0.0529. The van der Waals surface area contributed by atoms with Crippen molar-refractivity contribution in [3.8, 4) is 0 Å². The third-order valence-electron chi connectivity index (χ3n) is 4.55. The molecule has 1 aromatic carbocycles. The number of nitrogens with zero attached hydrogens (tertiary/aromatic N) is 4. The highest BCUT2D eigenvalue weighted by Gasteiger charge is 2.17. The summed E-state index contributed by atoms with van der Waals surface area (Å²) in [4.78, 5) is 6.83. The molecule has 4 rings (SSSR count). The van der Waals surface area contributed by atoms with Gasteiger partial charge in [0.25, 0.3) is 0 Å². The second-order valence-electron chi connectivity index (χ2n) is 6.81. The lowest BCUT2D eigenvalue weighted by Crippen LogP contribution is -2.41. The molecule has 8 heteroatoms. The zero-order valence-electron chi connectivity index (χ0n) is 15.6. The standard InChI is InChI=1S/C20H22FN5OS/c1-14-13-26(8-9-27-14)18-7-4-16(11-22-18)12-23-20-25-24-19(28-20)10-15-2-5-17(21)6-3-15/h2-7,11,14H,8-10,12-13H2,1H3,(H,23,25). The van der Waals surface area contributed by atoms with Gasteiger partial charge in [0, 0.05) is 32.3 Å². The van der Waals surface area contributed by atoms with Gasteiger partial charge < -0.3 is 15.0 Å². The number of hydrogen-bond donors (Lipinski definition) is 1. The highest BCUT2D eigenvalue weighted by atomic mass is 32.1. The van der Waals surface area contributed by atoms with Gasteiger partial charge in [-0.3, -0.25) is 0 Å². The van der Waals surface area contributed by atoms with Gasteiger partial charge in [-0.25, -0.2) is 9.37 Å². The Morgan fingerprint density at radius 2 is 2.00 bits per heavy atom. The average molecular weight is 399 g/mol. The van der Waals surface area contributed by atoms with Crippen molar-refractivity contribution in [1.82, 2.24) is 15.2 Å². The van der Waals surface area contributed by atoms with E-state index in [0.29, 0.717) is 13.0 Å². The zero-order chi connectivity index (χ0) is 19.3. The monoisotopic (exact) mass is 399 g/mol. The molecule has 0 radical (unpaired) electrons. The number of ether oxygens (including phenoxy) is 1. The fourth-order valence-corrected chi connectivity index (χ4v) is 3.86. The molecule has 3 heterocycles. The fourth-order valence-electron chi connectivity index (χ4n) is 3.09. The number of pyridine rings is 1. The first-order valence-corrected chi connectivity index (χ1v) is 10.1. The lowest BCUT2D eigenvalue weighted by atomic mass is 10.2.